The van der Waals surface area contributed by atoms with Gasteiger partial charge in [-0.05, 0) is 43.3 Å². The highest BCUT2D eigenvalue weighted by Gasteiger charge is 2.25. The van der Waals surface area contributed by atoms with Gasteiger partial charge in [-0.2, -0.15) is 0 Å². The molecule has 144 valence electrons. The van der Waals surface area contributed by atoms with Gasteiger partial charge >= 0.3 is 0 Å². The van der Waals surface area contributed by atoms with Crippen LogP contribution in [0, 0.1) is 0 Å². The van der Waals surface area contributed by atoms with E-state index in [0.717, 1.165) is 44.0 Å². The predicted molar refractivity (Wildman–Crippen MR) is 107 cm³/mol. The summed E-state index contributed by atoms with van der Waals surface area (Å²) in [6.45, 7) is 6.18. The Bertz CT molecular complexity index is 713. The number of benzene rings is 1. The maximum atomic E-state index is 12.5. The van der Waals surface area contributed by atoms with Crippen molar-refractivity contribution < 1.29 is 9.53 Å². The lowest BCUT2D eigenvalue weighted by molar-refractivity contribution is -0.125. The summed E-state index contributed by atoms with van der Waals surface area (Å²) in [5.74, 6) is 0.956. The molecular formula is C21H28N4O2. The second-order valence-electron chi connectivity index (χ2n) is 6.76. The summed E-state index contributed by atoms with van der Waals surface area (Å²) >= 11 is 0. The molecule has 0 radical (unpaired) electrons. The lowest BCUT2D eigenvalue weighted by Crippen LogP contribution is -2.54. The van der Waals surface area contributed by atoms with Crippen LogP contribution < -0.4 is 15.0 Å². The van der Waals surface area contributed by atoms with Crippen molar-refractivity contribution in [1.82, 2.24) is 15.2 Å². The first-order valence-electron chi connectivity index (χ1n) is 9.48. The summed E-state index contributed by atoms with van der Waals surface area (Å²) in [5, 5.41) is 3.04. The van der Waals surface area contributed by atoms with Gasteiger partial charge in [0.05, 0.1) is 13.2 Å². The maximum absolute atomic E-state index is 12.5. The number of pyridine rings is 1. The number of anilines is 1. The van der Waals surface area contributed by atoms with E-state index in [-0.39, 0.29) is 11.9 Å². The number of nitrogens with one attached hydrogen (secondary N) is 1. The molecule has 1 saturated heterocycles. The standard InChI is InChI=1S/C21H28N4O2/c1-17(21(26)23-12-10-18-5-3-4-11-22-18)24-13-15-25(16-14-24)19-6-8-20(27-2)9-7-19/h3-9,11,17H,10,12-16H2,1-2H3,(H,23,26). The van der Waals surface area contributed by atoms with Gasteiger partial charge in [-0.1, -0.05) is 6.07 Å². The number of aromatic nitrogens is 1. The first kappa shape index (κ1) is 19.2. The van der Waals surface area contributed by atoms with Crippen LogP contribution in [0.4, 0.5) is 5.69 Å². The highest BCUT2D eigenvalue weighted by Crippen LogP contribution is 2.21. The van der Waals surface area contributed by atoms with E-state index in [1.807, 2.05) is 37.3 Å². The van der Waals surface area contributed by atoms with E-state index in [1.165, 1.54) is 5.69 Å². The number of methoxy groups -OCH3 is 1. The highest BCUT2D eigenvalue weighted by molar-refractivity contribution is 5.81. The first-order valence-corrected chi connectivity index (χ1v) is 9.48. The molecule has 1 atom stereocenters. The fraction of sp³-hybridized carbons (Fsp3) is 0.429. The Kier molecular flexibility index (Phi) is 6.65. The number of rotatable bonds is 7. The zero-order valence-corrected chi connectivity index (χ0v) is 16.1. The van der Waals surface area contributed by atoms with Crippen molar-refractivity contribution in [3.8, 4) is 5.75 Å². The number of nitrogens with zero attached hydrogens (tertiary/aromatic N) is 3. The van der Waals surface area contributed by atoms with Crippen molar-refractivity contribution in [2.45, 2.75) is 19.4 Å². The third-order valence-electron chi connectivity index (χ3n) is 5.09. The van der Waals surface area contributed by atoms with E-state index in [1.54, 1.807) is 13.3 Å². The van der Waals surface area contributed by atoms with Gasteiger partial charge in [0.2, 0.25) is 5.91 Å². The van der Waals surface area contributed by atoms with Crippen LogP contribution in [-0.2, 0) is 11.2 Å². The Morgan fingerprint density at radius 2 is 1.89 bits per heavy atom. The Hall–Kier alpha value is -2.60. The van der Waals surface area contributed by atoms with Gasteiger partial charge in [-0.3, -0.25) is 14.7 Å². The summed E-state index contributed by atoms with van der Waals surface area (Å²) in [6.07, 6.45) is 2.53. The van der Waals surface area contributed by atoms with Crippen molar-refractivity contribution in [2.75, 3.05) is 44.7 Å². The molecule has 0 spiro atoms. The molecule has 0 bridgehead atoms. The summed E-state index contributed by atoms with van der Waals surface area (Å²) in [6, 6.07) is 13.9. The summed E-state index contributed by atoms with van der Waals surface area (Å²) < 4.78 is 5.22. The summed E-state index contributed by atoms with van der Waals surface area (Å²) in [4.78, 5) is 21.3. The topological polar surface area (TPSA) is 57.7 Å². The smallest absolute Gasteiger partial charge is 0.237 e. The van der Waals surface area contributed by atoms with Crippen LogP contribution in [0.15, 0.2) is 48.7 Å². The molecule has 2 aromatic rings. The normalized spacial score (nSPS) is 16.0. The zero-order chi connectivity index (χ0) is 19.1. The summed E-state index contributed by atoms with van der Waals surface area (Å²) in [5.41, 5.74) is 2.20. The molecule has 3 rings (SSSR count). The molecule has 6 nitrogen and oxygen atoms in total. The molecule has 1 aromatic carbocycles. The zero-order valence-electron chi connectivity index (χ0n) is 16.1. The second kappa shape index (κ2) is 9.37. The van der Waals surface area contributed by atoms with Gasteiger partial charge in [-0.25, -0.2) is 0 Å². The van der Waals surface area contributed by atoms with Crippen LogP contribution in [0.2, 0.25) is 0 Å². The lowest BCUT2D eigenvalue weighted by Gasteiger charge is -2.38. The molecule has 2 heterocycles. The highest BCUT2D eigenvalue weighted by atomic mass is 16.5. The molecule has 1 N–H and O–H groups in total. The second-order valence-corrected chi connectivity index (χ2v) is 6.76. The van der Waals surface area contributed by atoms with Crippen molar-refractivity contribution in [3.63, 3.8) is 0 Å². The minimum Gasteiger partial charge on any atom is -0.497 e. The number of amides is 1. The average Bonchev–Trinajstić information content (AvgIpc) is 2.74. The van der Waals surface area contributed by atoms with E-state index in [4.69, 9.17) is 4.74 Å². The van der Waals surface area contributed by atoms with E-state index in [0.29, 0.717) is 6.54 Å². The van der Waals surface area contributed by atoms with Crippen LogP contribution >= 0.6 is 0 Å². The van der Waals surface area contributed by atoms with E-state index < -0.39 is 0 Å². The Morgan fingerprint density at radius 1 is 1.15 bits per heavy atom. The van der Waals surface area contributed by atoms with Gasteiger partial charge in [-0.15, -0.1) is 0 Å². The van der Waals surface area contributed by atoms with E-state index in [2.05, 4.69) is 32.2 Å². The molecule has 6 heteroatoms. The number of carbonyl (C=O) groups excluding carboxylic acids is 1. The molecule has 1 unspecified atom stereocenters. The van der Waals surface area contributed by atoms with Gasteiger partial charge < -0.3 is 15.0 Å². The fourth-order valence-electron chi connectivity index (χ4n) is 3.33. The third-order valence-corrected chi connectivity index (χ3v) is 5.09. The van der Waals surface area contributed by atoms with Gasteiger partial charge in [0, 0.05) is 56.7 Å². The van der Waals surface area contributed by atoms with Gasteiger partial charge in [0.1, 0.15) is 5.75 Å². The van der Waals surface area contributed by atoms with Crippen LogP contribution in [0.3, 0.4) is 0 Å². The van der Waals surface area contributed by atoms with Crippen molar-refractivity contribution in [1.29, 1.82) is 0 Å². The largest absolute Gasteiger partial charge is 0.497 e. The number of hydrogen-bond acceptors (Lipinski definition) is 5. The SMILES string of the molecule is COc1ccc(N2CCN(C(C)C(=O)NCCc3ccccn3)CC2)cc1. The van der Waals surface area contributed by atoms with Crippen molar-refractivity contribution in [2.24, 2.45) is 0 Å². The number of carbonyl (C=O) groups is 1. The Labute approximate surface area is 161 Å². The third kappa shape index (κ3) is 5.20. The van der Waals surface area contributed by atoms with Crippen LogP contribution in [0.1, 0.15) is 12.6 Å². The van der Waals surface area contributed by atoms with Gasteiger partial charge in [0.25, 0.3) is 0 Å². The van der Waals surface area contributed by atoms with Crippen molar-refractivity contribution in [3.05, 3.63) is 54.4 Å². The number of hydrogen-bond donors (Lipinski definition) is 1. The fourth-order valence-corrected chi connectivity index (χ4v) is 3.33. The molecule has 0 saturated carbocycles. The maximum Gasteiger partial charge on any atom is 0.237 e. The van der Waals surface area contributed by atoms with E-state index in [9.17, 15) is 4.79 Å². The quantitative estimate of drug-likeness (QED) is 0.810. The predicted octanol–water partition coefficient (Wildman–Crippen LogP) is 1.96. The molecule has 1 fully saturated rings. The molecule has 1 aliphatic rings. The number of piperazine rings is 1. The Balaban J connectivity index is 1.43. The molecule has 27 heavy (non-hydrogen) atoms. The average molecular weight is 368 g/mol. The van der Waals surface area contributed by atoms with Gasteiger partial charge in [0.15, 0.2) is 0 Å². The van der Waals surface area contributed by atoms with E-state index >= 15 is 0 Å². The van der Waals surface area contributed by atoms with Crippen LogP contribution in [0.25, 0.3) is 0 Å². The number of ether oxygens (including phenoxy) is 1. The van der Waals surface area contributed by atoms with Crippen LogP contribution in [0.5, 0.6) is 5.75 Å². The first-order chi connectivity index (χ1) is 13.2. The van der Waals surface area contributed by atoms with Crippen molar-refractivity contribution >= 4 is 11.6 Å². The molecule has 1 amide bonds. The summed E-state index contributed by atoms with van der Waals surface area (Å²) in [7, 11) is 1.68. The molecule has 1 aliphatic heterocycles. The van der Waals surface area contributed by atoms with Crippen LogP contribution in [-0.4, -0.2) is 61.7 Å². The Morgan fingerprint density at radius 3 is 2.52 bits per heavy atom. The molecular weight excluding hydrogens is 340 g/mol. The molecule has 0 aliphatic carbocycles. The lowest BCUT2D eigenvalue weighted by atomic mass is 10.2. The molecule has 1 aromatic heterocycles. The monoisotopic (exact) mass is 368 g/mol. The minimum atomic E-state index is -0.119. The minimum absolute atomic E-state index is 0.0869.